The van der Waals surface area contributed by atoms with Crippen LogP contribution in [0.15, 0.2) is 18.2 Å². The van der Waals surface area contributed by atoms with E-state index in [9.17, 15) is 4.79 Å². The van der Waals surface area contributed by atoms with Gasteiger partial charge in [0.05, 0.1) is 5.69 Å². The van der Waals surface area contributed by atoms with Crippen LogP contribution in [0.2, 0.25) is 0 Å². The largest absolute Gasteiger partial charge is 0.481 e. The molecular weight excluding hydrogens is 332 g/mol. The lowest BCUT2D eigenvalue weighted by molar-refractivity contribution is -0.122. The second kappa shape index (κ2) is 7.56. The first kappa shape index (κ1) is 17.9. The highest BCUT2D eigenvalue weighted by molar-refractivity contribution is 7.15. The van der Waals surface area contributed by atoms with Crippen molar-refractivity contribution in [3.8, 4) is 5.75 Å². The fraction of sp³-hybridized carbons (Fsp3) is 0.500. The van der Waals surface area contributed by atoms with Crippen LogP contribution in [-0.4, -0.2) is 17.0 Å². The lowest BCUT2D eigenvalue weighted by atomic mass is 10.0. The molecule has 1 unspecified atom stereocenters. The number of ether oxygens (including phenoxy) is 1. The minimum atomic E-state index is -0.569. The summed E-state index contributed by atoms with van der Waals surface area (Å²) in [5, 5.41) is 3.62. The fourth-order valence-electron chi connectivity index (χ4n) is 3.08. The fourth-order valence-corrected chi connectivity index (χ4v) is 4.13. The second-order valence-corrected chi connectivity index (χ2v) is 8.12. The molecule has 2 aromatic rings. The van der Waals surface area contributed by atoms with Gasteiger partial charge in [-0.05, 0) is 62.6 Å². The van der Waals surface area contributed by atoms with Gasteiger partial charge in [-0.3, -0.25) is 10.1 Å². The number of amides is 1. The normalized spacial score (nSPS) is 14.9. The van der Waals surface area contributed by atoms with Gasteiger partial charge < -0.3 is 4.74 Å². The molecule has 1 aromatic heterocycles. The van der Waals surface area contributed by atoms with Gasteiger partial charge in [0.1, 0.15) is 5.75 Å². The maximum atomic E-state index is 12.5. The van der Waals surface area contributed by atoms with Crippen molar-refractivity contribution in [2.75, 3.05) is 5.32 Å². The van der Waals surface area contributed by atoms with E-state index in [1.165, 1.54) is 17.7 Å². The Morgan fingerprint density at radius 1 is 1.24 bits per heavy atom. The first-order chi connectivity index (χ1) is 11.9. The summed E-state index contributed by atoms with van der Waals surface area (Å²) in [5.41, 5.74) is 3.40. The van der Waals surface area contributed by atoms with Crippen molar-refractivity contribution in [2.24, 2.45) is 0 Å². The molecule has 1 heterocycles. The Balaban J connectivity index is 1.69. The molecule has 0 fully saturated rings. The summed E-state index contributed by atoms with van der Waals surface area (Å²) < 4.78 is 5.99. The van der Waals surface area contributed by atoms with E-state index in [0.717, 1.165) is 35.4 Å². The van der Waals surface area contributed by atoms with Crippen molar-refractivity contribution >= 4 is 22.4 Å². The summed E-state index contributed by atoms with van der Waals surface area (Å²) in [4.78, 5) is 18.4. The van der Waals surface area contributed by atoms with Crippen LogP contribution < -0.4 is 10.1 Å². The van der Waals surface area contributed by atoms with Gasteiger partial charge in [-0.2, -0.15) is 0 Å². The number of hydrogen-bond donors (Lipinski definition) is 1. The minimum Gasteiger partial charge on any atom is -0.481 e. The molecule has 0 radical (unpaired) electrons. The van der Waals surface area contributed by atoms with Gasteiger partial charge in [0.15, 0.2) is 11.2 Å². The standard InChI is InChI=1S/C20H26N2O2S/c1-12(2)15-10-9-13(3)11-17(15)24-14(4)19(23)22-20-21-16-7-5-6-8-18(16)25-20/h9-12,14H,5-8H2,1-4H3,(H,21,22,23). The summed E-state index contributed by atoms with van der Waals surface area (Å²) in [6, 6.07) is 6.16. The van der Waals surface area contributed by atoms with E-state index < -0.39 is 6.10 Å². The summed E-state index contributed by atoms with van der Waals surface area (Å²) in [6.07, 6.45) is 3.94. The van der Waals surface area contributed by atoms with E-state index in [-0.39, 0.29) is 5.91 Å². The molecule has 1 atom stereocenters. The predicted octanol–water partition coefficient (Wildman–Crippen LogP) is 4.86. The van der Waals surface area contributed by atoms with Crippen molar-refractivity contribution in [3.63, 3.8) is 0 Å². The van der Waals surface area contributed by atoms with Crippen LogP contribution in [0.25, 0.3) is 0 Å². The van der Waals surface area contributed by atoms with Gasteiger partial charge in [-0.25, -0.2) is 4.98 Å². The molecule has 3 rings (SSSR count). The van der Waals surface area contributed by atoms with Gasteiger partial charge in [0.2, 0.25) is 0 Å². The number of carbonyl (C=O) groups is 1. The second-order valence-electron chi connectivity index (χ2n) is 7.04. The zero-order valence-electron chi connectivity index (χ0n) is 15.4. The van der Waals surface area contributed by atoms with Gasteiger partial charge in [-0.15, -0.1) is 11.3 Å². The van der Waals surface area contributed by atoms with E-state index in [0.29, 0.717) is 11.0 Å². The molecular formula is C20H26N2O2S. The number of nitrogens with one attached hydrogen (secondary N) is 1. The monoisotopic (exact) mass is 358 g/mol. The van der Waals surface area contributed by atoms with Crippen molar-refractivity contribution < 1.29 is 9.53 Å². The molecule has 1 N–H and O–H groups in total. The quantitative estimate of drug-likeness (QED) is 0.830. The van der Waals surface area contributed by atoms with Gasteiger partial charge in [-0.1, -0.05) is 26.0 Å². The number of thiazole rings is 1. The first-order valence-electron chi connectivity index (χ1n) is 9.00. The molecule has 0 bridgehead atoms. The van der Waals surface area contributed by atoms with E-state index >= 15 is 0 Å². The van der Waals surface area contributed by atoms with Crippen LogP contribution in [0.5, 0.6) is 5.75 Å². The van der Waals surface area contributed by atoms with Crippen molar-refractivity contribution in [1.29, 1.82) is 0 Å². The summed E-state index contributed by atoms with van der Waals surface area (Å²) in [6.45, 7) is 8.07. The Hall–Kier alpha value is -1.88. The number of fused-ring (bicyclic) bond motifs is 1. The summed E-state index contributed by atoms with van der Waals surface area (Å²) in [5.74, 6) is 0.981. The Labute approximate surface area is 153 Å². The number of anilines is 1. The molecule has 25 heavy (non-hydrogen) atoms. The third-order valence-electron chi connectivity index (χ3n) is 4.54. The Kier molecular flexibility index (Phi) is 5.42. The molecule has 1 aliphatic carbocycles. The SMILES string of the molecule is Cc1ccc(C(C)C)c(OC(C)C(=O)Nc2nc3c(s2)CCCC3)c1. The van der Waals surface area contributed by atoms with Crippen molar-refractivity contribution in [1.82, 2.24) is 4.98 Å². The zero-order chi connectivity index (χ0) is 18.0. The van der Waals surface area contributed by atoms with Gasteiger partial charge >= 0.3 is 0 Å². The summed E-state index contributed by atoms with van der Waals surface area (Å²) in [7, 11) is 0. The molecule has 0 saturated heterocycles. The van der Waals surface area contributed by atoms with Gasteiger partial charge in [0, 0.05) is 4.88 Å². The number of aryl methyl sites for hydroxylation is 3. The molecule has 1 amide bonds. The molecule has 1 aromatic carbocycles. The predicted molar refractivity (Wildman–Crippen MR) is 103 cm³/mol. The topological polar surface area (TPSA) is 51.2 Å². The van der Waals surface area contributed by atoms with Crippen LogP contribution in [0.1, 0.15) is 61.2 Å². The van der Waals surface area contributed by atoms with Crippen molar-refractivity contribution in [3.05, 3.63) is 39.9 Å². The number of carbonyl (C=O) groups excluding carboxylic acids is 1. The molecule has 0 spiro atoms. The number of nitrogens with zero attached hydrogens (tertiary/aromatic N) is 1. The van der Waals surface area contributed by atoms with Crippen LogP contribution in [0, 0.1) is 6.92 Å². The maximum absolute atomic E-state index is 12.5. The minimum absolute atomic E-state index is 0.151. The third-order valence-corrected chi connectivity index (χ3v) is 5.61. The van der Waals surface area contributed by atoms with Crippen LogP contribution in [0.4, 0.5) is 5.13 Å². The highest BCUT2D eigenvalue weighted by atomic mass is 32.1. The average molecular weight is 359 g/mol. The van der Waals surface area contributed by atoms with E-state index in [1.54, 1.807) is 18.3 Å². The van der Waals surface area contributed by atoms with Gasteiger partial charge in [0.25, 0.3) is 5.91 Å². The third kappa shape index (κ3) is 4.21. The van der Waals surface area contributed by atoms with E-state index in [4.69, 9.17) is 4.74 Å². The molecule has 134 valence electrons. The molecule has 0 saturated carbocycles. The maximum Gasteiger partial charge on any atom is 0.266 e. The van der Waals surface area contributed by atoms with Crippen LogP contribution >= 0.6 is 11.3 Å². The average Bonchev–Trinajstić information content (AvgIpc) is 2.96. The highest BCUT2D eigenvalue weighted by Crippen LogP contribution is 2.31. The highest BCUT2D eigenvalue weighted by Gasteiger charge is 2.21. The summed E-state index contributed by atoms with van der Waals surface area (Å²) >= 11 is 1.60. The molecule has 5 heteroatoms. The number of aromatic nitrogens is 1. The molecule has 0 aliphatic heterocycles. The molecule has 4 nitrogen and oxygen atoms in total. The number of rotatable bonds is 5. The lowest BCUT2D eigenvalue weighted by Gasteiger charge is -2.19. The molecule has 1 aliphatic rings. The number of benzene rings is 1. The first-order valence-corrected chi connectivity index (χ1v) is 9.82. The smallest absolute Gasteiger partial charge is 0.266 e. The lowest BCUT2D eigenvalue weighted by Crippen LogP contribution is -2.30. The Bertz CT molecular complexity index is 744. The van der Waals surface area contributed by atoms with E-state index in [1.807, 2.05) is 13.0 Å². The van der Waals surface area contributed by atoms with Crippen LogP contribution in [-0.2, 0) is 17.6 Å². The Morgan fingerprint density at radius 2 is 2.00 bits per heavy atom. The van der Waals surface area contributed by atoms with E-state index in [2.05, 4.69) is 36.3 Å². The van der Waals surface area contributed by atoms with Crippen molar-refractivity contribution in [2.45, 2.75) is 65.4 Å². The Morgan fingerprint density at radius 3 is 2.72 bits per heavy atom. The number of hydrogen-bond acceptors (Lipinski definition) is 4. The van der Waals surface area contributed by atoms with Crippen LogP contribution in [0.3, 0.4) is 0 Å². The zero-order valence-corrected chi connectivity index (χ0v) is 16.2.